The molecule has 0 aromatic heterocycles. The van der Waals surface area contributed by atoms with Crippen molar-refractivity contribution in [1.29, 1.82) is 0 Å². The molecular weight excluding hydrogens is 348 g/mol. The van der Waals surface area contributed by atoms with Gasteiger partial charge in [0, 0.05) is 44.8 Å². The fourth-order valence-electron chi connectivity index (χ4n) is 4.56. The maximum atomic E-state index is 13.0. The van der Waals surface area contributed by atoms with Gasteiger partial charge in [-0.1, -0.05) is 36.8 Å². The Bertz CT molecular complexity index is 652. The van der Waals surface area contributed by atoms with Crippen LogP contribution in [0.25, 0.3) is 0 Å². The van der Waals surface area contributed by atoms with Crippen LogP contribution in [0.4, 0.5) is 0 Å². The predicted molar refractivity (Wildman–Crippen MR) is 115 cm³/mol. The molecule has 0 spiro atoms. The Morgan fingerprint density at radius 3 is 2.61 bits per heavy atom. The minimum absolute atomic E-state index is 0.00450. The molecule has 2 aliphatic heterocycles. The summed E-state index contributed by atoms with van der Waals surface area (Å²) in [6.45, 7) is 17.0. The number of likely N-dealkylation sites (tertiary alicyclic amines) is 1. The van der Waals surface area contributed by atoms with Gasteiger partial charge in [-0.2, -0.15) is 0 Å². The van der Waals surface area contributed by atoms with E-state index in [0.717, 1.165) is 58.7 Å². The molecule has 0 saturated carbocycles. The molecule has 0 radical (unpaired) electrons. The van der Waals surface area contributed by atoms with Crippen molar-refractivity contribution < 1.29 is 4.79 Å². The number of amides is 1. The third-order valence-corrected chi connectivity index (χ3v) is 6.51. The van der Waals surface area contributed by atoms with Crippen LogP contribution in [0.2, 0.25) is 0 Å². The van der Waals surface area contributed by atoms with Gasteiger partial charge in [0.1, 0.15) is 0 Å². The van der Waals surface area contributed by atoms with Gasteiger partial charge < -0.3 is 10.2 Å². The van der Waals surface area contributed by atoms with Crippen molar-refractivity contribution in [2.75, 3.05) is 45.8 Å². The zero-order valence-electron chi connectivity index (χ0n) is 18.2. The number of aryl methyl sites for hydroxylation is 1. The van der Waals surface area contributed by atoms with Crippen molar-refractivity contribution in [2.24, 2.45) is 0 Å². The second-order valence-electron chi connectivity index (χ2n) is 9.07. The molecule has 2 aliphatic rings. The number of carbonyl (C=O) groups excluding carboxylic acids is 1. The summed E-state index contributed by atoms with van der Waals surface area (Å²) in [5.41, 5.74) is 2.58. The molecule has 1 N–H and O–H groups in total. The van der Waals surface area contributed by atoms with E-state index < -0.39 is 0 Å². The van der Waals surface area contributed by atoms with Crippen LogP contribution >= 0.6 is 0 Å². The average molecular weight is 387 g/mol. The van der Waals surface area contributed by atoms with E-state index in [4.69, 9.17) is 0 Å². The second-order valence-corrected chi connectivity index (χ2v) is 9.07. The van der Waals surface area contributed by atoms with E-state index in [1.54, 1.807) is 0 Å². The number of likely N-dealkylation sites (N-methyl/N-ethyl adjacent to an activating group) is 1. The molecule has 2 fully saturated rings. The van der Waals surface area contributed by atoms with Gasteiger partial charge in [-0.25, -0.2) is 0 Å². The number of nitrogens with one attached hydrogen (secondary N) is 1. The lowest BCUT2D eigenvalue weighted by Gasteiger charge is -2.44. The number of hydrogen-bond donors (Lipinski definition) is 1. The van der Waals surface area contributed by atoms with E-state index >= 15 is 0 Å². The maximum absolute atomic E-state index is 13.0. The van der Waals surface area contributed by atoms with Crippen LogP contribution in [0.15, 0.2) is 24.3 Å². The molecule has 2 saturated heterocycles. The largest absolute Gasteiger partial charge is 0.353 e. The molecule has 0 aliphatic carbocycles. The quantitative estimate of drug-likeness (QED) is 0.781. The van der Waals surface area contributed by atoms with E-state index in [-0.39, 0.29) is 17.5 Å². The summed E-state index contributed by atoms with van der Waals surface area (Å²) in [5.74, 6) is 0.199. The van der Waals surface area contributed by atoms with E-state index in [9.17, 15) is 4.79 Å². The number of benzene rings is 1. The summed E-state index contributed by atoms with van der Waals surface area (Å²) in [6, 6.07) is 8.64. The molecule has 3 rings (SSSR count). The summed E-state index contributed by atoms with van der Waals surface area (Å²) in [6.07, 6.45) is 2.07. The van der Waals surface area contributed by atoms with Gasteiger partial charge in [-0.15, -0.1) is 0 Å². The zero-order chi connectivity index (χ0) is 20.1. The summed E-state index contributed by atoms with van der Waals surface area (Å²) < 4.78 is 0. The van der Waals surface area contributed by atoms with Gasteiger partial charge in [0.25, 0.3) is 0 Å². The Morgan fingerprint density at radius 1 is 1.18 bits per heavy atom. The standard InChI is InChI=1S/C23H38N4O/c1-5-25-12-14-27(15-13-25)23(3,4)18-24-22(28)21-10-7-11-26(21)17-20-9-6-8-19(2)16-20/h6,8-9,16,21H,5,7,10-15,17-18H2,1-4H3,(H,24,28). The van der Waals surface area contributed by atoms with Crippen molar-refractivity contribution in [3.05, 3.63) is 35.4 Å². The SMILES string of the molecule is CCN1CCN(C(C)(C)CNC(=O)C2CCCN2Cc2cccc(C)c2)CC1. The second kappa shape index (κ2) is 9.38. The van der Waals surface area contributed by atoms with Crippen LogP contribution in [0.3, 0.4) is 0 Å². The maximum Gasteiger partial charge on any atom is 0.237 e. The van der Waals surface area contributed by atoms with Crippen LogP contribution in [-0.2, 0) is 11.3 Å². The molecule has 1 atom stereocenters. The third kappa shape index (κ3) is 5.34. The molecule has 1 amide bonds. The highest BCUT2D eigenvalue weighted by Crippen LogP contribution is 2.22. The molecule has 28 heavy (non-hydrogen) atoms. The van der Waals surface area contributed by atoms with Crippen molar-refractivity contribution in [3.63, 3.8) is 0 Å². The molecule has 5 nitrogen and oxygen atoms in total. The van der Waals surface area contributed by atoms with Gasteiger partial charge in [0.05, 0.1) is 6.04 Å². The van der Waals surface area contributed by atoms with Gasteiger partial charge >= 0.3 is 0 Å². The van der Waals surface area contributed by atoms with Crippen LogP contribution in [0, 0.1) is 6.92 Å². The summed E-state index contributed by atoms with van der Waals surface area (Å²) in [5, 5.41) is 3.28. The van der Waals surface area contributed by atoms with E-state index in [0.29, 0.717) is 6.54 Å². The molecule has 5 heteroatoms. The molecule has 1 aromatic rings. The highest BCUT2D eigenvalue weighted by Gasteiger charge is 2.34. The van der Waals surface area contributed by atoms with Crippen molar-refractivity contribution >= 4 is 5.91 Å². The van der Waals surface area contributed by atoms with E-state index in [2.05, 4.69) is 72.0 Å². The van der Waals surface area contributed by atoms with Crippen molar-refractivity contribution in [2.45, 2.75) is 58.7 Å². The summed E-state index contributed by atoms with van der Waals surface area (Å²) >= 11 is 0. The first-order valence-electron chi connectivity index (χ1n) is 10.9. The Balaban J connectivity index is 1.52. The predicted octanol–water partition coefficient (Wildman–Crippen LogP) is 2.49. The molecule has 2 heterocycles. The minimum Gasteiger partial charge on any atom is -0.353 e. The number of piperazine rings is 1. The minimum atomic E-state index is -0.00450. The van der Waals surface area contributed by atoms with E-state index in [1.165, 1.54) is 11.1 Å². The number of rotatable bonds is 7. The number of carbonyl (C=O) groups is 1. The van der Waals surface area contributed by atoms with Gasteiger partial charge in [0.15, 0.2) is 0 Å². The Morgan fingerprint density at radius 2 is 1.93 bits per heavy atom. The fourth-order valence-corrected chi connectivity index (χ4v) is 4.56. The van der Waals surface area contributed by atoms with Crippen molar-refractivity contribution in [1.82, 2.24) is 20.0 Å². The zero-order valence-corrected chi connectivity index (χ0v) is 18.2. The molecule has 0 bridgehead atoms. The fraction of sp³-hybridized carbons (Fsp3) is 0.696. The topological polar surface area (TPSA) is 38.8 Å². The molecule has 156 valence electrons. The normalized spacial score (nSPS) is 22.5. The lowest BCUT2D eigenvalue weighted by molar-refractivity contribution is -0.126. The third-order valence-electron chi connectivity index (χ3n) is 6.51. The highest BCUT2D eigenvalue weighted by molar-refractivity contribution is 5.82. The Hall–Kier alpha value is -1.43. The Labute approximate surface area is 171 Å². The summed E-state index contributed by atoms with van der Waals surface area (Å²) in [4.78, 5) is 20.3. The lowest BCUT2D eigenvalue weighted by atomic mass is 10.0. The van der Waals surface area contributed by atoms with Crippen LogP contribution < -0.4 is 5.32 Å². The van der Waals surface area contributed by atoms with E-state index in [1.807, 2.05) is 0 Å². The first-order valence-corrected chi connectivity index (χ1v) is 10.9. The van der Waals surface area contributed by atoms with Crippen LogP contribution in [0.5, 0.6) is 0 Å². The first-order chi connectivity index (χ1) is 13.4. The van der Waals surface area contributed by atoms with Crippen LogP contribution in [0.1, 0.15) is 44.7 Å². The number of hydrogen-bond acceptors (Lipinski definition) is 4. The smallest absolute Gasteiger partial charge is 0.237 e. The average Bonchev–Trinajstić information content (AvgIpc) is 3.14. The molecule has 1 unspecified atom stereocenters. The number of nitrogens with zero attached hydrogens (tertiary/aromatic N) is 3. The first kappa shape index (κ1) is 21.3. The molecule has 1 aromatic carbocycles. The van der Waals surface area contributed by atoms with Gasteiger partial charge in [0.2, 0.25) is 5.91 Å². The monoisotopic (exact) mass is 386 g/mol. The van der Waals surface area contributed by atoms with Crippen LogP contribution in [-0.4, -0.2) is 78.0 Å². The van der Waals surface area contributed by atoms with Gasteiger partial charge in [-0.05, 0) is 52.3 Å². The lowest BCUT2D eigenvalue weighted by Crippen LogP contribution is -2.59. The molecular formula is C23H38N4O. The van der Waals surface area contributed by atoms with Gasteiger partial charge in [-0.3, -0.25) is 14.6 Å². The summed E-state index contributed by atoms with van der Waals surface area (Å²) in [7, 11) is 0. The Kier molecular flexibility index (Phi) is 7.13. The van der Waals surface area contributed by atoms with Crippen molar-refractivity contribution in [3.8, 4) is 0 Å². The highest BCUT2D eigenvalue weighted by atomic mass is 16.2.